The van der Waals surface area contributed by atoms with E-state index in [1.807, 2.05) is 38.2 Å². The van der Waals surface area contributed by atoms with Gasteiger partial charge in [0.15, 0.2) is 0 Å². The Balaban J connectivity index is 1.92. The van der Waals surface area contributed by atoms with Crippen molar-refractivity contribution >= 4 is 16.9 Å². The highest BCUT2D eigenvalue weighted by Gasteiger charge is 2.06. The van der Waals surface area contributed by atoms with Crippen molar-refractivity contribution in [1.82, 2.24) is 9.88 Å². The van der Waals surface area contributed by atoms with E-state index < -0.39 is 0 Å². The van der Waals surface area contributed by atoms with Crippen molar-refractivity contribution in [3.63, 3.8) is 0 Å². The van der Waals surface area contributed by atoms with Gasteiger partial charge in [-0.15, -0.1) is 0 Å². The van der Waals surface area contributed by atoms with Gasteiger partial charge in [0.05, 0.1) is 24.2 Å². The predicted molar refractivity (Wildman–Crippen MR) is 79.3 cm³/mol. The first-order chi connectivity index (χ1) is 9.69. The number of rotatable bonds is 6. The maximum absolute atomic E-state index is 11.3. The molecule has 1 heterocycles. The van der Waals surface area contributed by atoms with Gasteiger partial charge in [0, 0.05) is 18.5 Å². The molecule has 1 aromatic heterocycles. The topological polar surface area (TPSA) is 42.4 Å². The zero-order valence-electron chi connectivity index (χ0n) is 12.0. The van der Waals surface area contributed by atoms with Crippen LogP contribution in [-0.2, 0) is 16.1 Å². The van der Waals surface area contributed by atoms with Crippen molar-refractivity contribution < 1.29 is 9.53 Å². The van der Waals surface area contributed by atoms with Crippen LogP contribution in [-0.4, -0.2) is 36.1 Å². The van der Waals surface area contributed by atoms with Gasteiger partial charge >= 0.3 is 5.97 Å². The number of aromatic nitrogens is 1. The number of hydrogen-bond donors (Lipinski definition) is 0. The Morgan fingerprint density at radius 1 is 1.25 bits per heavy atom. The van der Waals surface area contributed by atoms with Crippen LogP contribution in [0.4, 0.5) is 0 Å². The Kier molecular flexibility index (Phi) is 5.07. The van der Waals surface area contributed by atoms with Crippen molar-refractivity contribution in [2.24, 2.45) is 0 Å². The summed E-state index contributed by atoms with van der Waals surface area (Å²) >= 11 is 0. The van der Waals surface area contributed by atoms with E-state index >= 15 is 0 Å². The molecule has 106 valence electrons. The molecule has 2 rings (SSSR count). The maximum atomic E-state index is 11.3. The smallest absolute Gasteiger partial charge is 0.307 e. The van der Waals surface area contributed by atoms with Crippen LogP contribution in [0.3, 0.4) is 0 Å². The highest BCUT2D eigenvalue weighted by atomic mass is 16.5. The minimum Gasteiger partial charge on any atom is -0.466 e. The summed E-state index contributed by atoms with van der Waals surface area (Å²) < 4.78 is 4.92. The monoisotopic (exact) mass is 272 g/mol. The third-order valence-corrected chi connectivity index (χ3v) is 3.09. The molecular formula is C16H20N2O2. The van der Waals surface area contributed by atoms with Crippen LogP contribution in [0.2, 0.25) is 0 Å². The molecule has 0 N–H and O–H groups in total. The second-order valence-corrected chi connectivity index (χ2v) is 4.79. The van der Waals surface area contributed by atoms with E-state index in [2.05, 4.69) is 22.0 Å². The summed E-state index contributed by atoms with van der Waals surface area (Å²) in [5.41, 5.74) is 2.01. The summed E-state index contributed by atoms with van der Waals surface area (Å²) in [7, 11) is 1.98. The molecule has 0 unspecified atom stereocenters. The molecule has 4 heteroatoms. The number of para-hydroxylation sites is 1. The second kappa shape index (κ2) is 7.01. The van der Waals surface area contributed by atoms with Gasteiger partial charge in [-0.25, -0.2) is 0 Å². The summed E-state index contributed by atoms with van der Waals surface area (Å²) in [6.07, 6.45) is 0.415. The average Bonchev–Trinajstić information content (AvgIpc) is 2.45. The summed E-state index contributed by atoms with van der Waals surface area (Å²) in [5, 5.41) is 1.14. The van der Waals surface area contributed by atoms with Gasteiger partial charge in [-0.2, -0.15) is 0 Å². The first kappa shape index (κ1) is 14.5. The Hall–Kier alpha value is -1.94. The number of pyridine rings is 1. The number of ether oxygens (including phenoxy) is 1. The minimum absolute atomic E-state index is 0.147. The molecule has 4 nitrogen and oxygen atoms in total. The lowest BCUT2D eigenvalue weighted by Gasteiger charge is -2.15. The van der Waals surface area contributed by atoms with Gasteiger partial charge in [-0.05, 0) is 26.1 Å². The summed E-state index contributed by atoms with van der Waals surface area (Å²) in [4.78, 5) is 18.0. The number of nitrogens with zero attached hydrogens (tertiary/aromatic N) is 2. The van der Waals surface area contributed by atoms with Crippen LogP contribution in [0, 0.1) is 0 Å². The van der Waals surface area contributed by atoms with Crippen molar-refractivity contribution in [2.75, 3.05) is 20.2 Å². The van der Waals surface area contributed by atoms with Crippen molar-refractivity contribution in [3.8, 4) is 0 Å². The van der Waals surface area contributed by atoms with Gasteiger partial charge in [0.2, 0.25) is 0 Å². The van der Waals surface area contributed by atoms with Gasteiger partial charge in [0.25, 0.3) is 0 Å². The number of fused-ring (bicyclic) bond motifs is 1. The molecule has 0 bridgehead atoms. The molecular weight excluding hydrogens is 252 g/mol. The SMILES string of the molecule is CCOC(=O)CCN(C)Cc1ccc2ccccc2n1. The molecule has 0 radical (unpaired) electrons. The van der Waals surface area contributed by atoms with Crippen LogP contribution in [0.15, 0.2) is 36.4 Å². The molecule has 0 atom stereocenters. The molecule has 0 aliphatic carbocycles. The number of benzene rings is 1. The van der Waals surface area contributed by atoms with Crippen LogP contribution < -0.4 is 0 Å². The summed E-state index contributed by atoms with van der Waals surface area (Å²) in [6, 6.07) is 12.2. The lowest BCUT2D eigenvalue weighted by Crippen LogP contribution is -2.22. The number of carbonyl (C=O) groups excluding carboxylic acids is 1. The third-order valence-electron chi connectivity index (χ3n) is 3.09. The number of carbonyl (C=O) groups is 1. The average molecular weight is 272 g/mol. The lowest BCUT2D eigenvalue weighted by atomic mass is 10.2. The fourth-order valence-electron chi connectivity index (χ4n) is 2.07. The molecule has 0 saturated heterocycles. The van der Waals surface area contributed by atoms with Gasteiger partial charge in [-0.1, -0.05) is 24.3 Å². The quantitative estimate of drug-likeness (QED) is 0.758. The van der Waals surface area contributed by atoms with Crippen molar-refractivity contribution in [2.45, 2.75) is 19.9 Å². The minimum atomic E-state index is -0.147. The molecule has 2 aromatic rings. The predicted octanol–water partition coefficient (Wildman–Crippen LogP) is 2.62. The van der Waals surface area contributed by atoms with E-state index in [1.165, 1.54) is 0 Å². The van der Waals surface area contributed by atoms with Gasteiger partial charge in [-0.3, -0.25) is 14.7 Å². The highest BCUT2D eigenvalue weighted by Crippen LogP contribution is 2.12. The normalized spacial score (nSPS) is 10.9. The Labute approximate surface area is 119 Å². The van der Waals surface area contributed by atoms with E-state index in [-0.39, 0.29) is 5.97 Å². The largest absolute Gasteiger partial charge is 0.466 e. The molecule has 0 aliphatic rings. The second-order valence-electron chi connectivity index (χ2n) is 4.79. The van der Waals surface area contributed by atoms with E-state index in [9.17, 15) is 4.79 Å². The molecule has 1 aromatic carbocycles. The van der Waals surface area contributed by atoms with Crippen LogP contribution >= 0.6 is 0 Å². The van der Waals surface area contributed by atoms with Gasteiger partial charge < -0.3 is 4.74 Å². The highest BCUT2D eigenvalue weighted by molar-refractivity contribution is 5.78. The molecule has 0 fully saturated rings. The van der Waals surface area contributed by atoms with Crippen LogP contribution in [0.1, 0.15) is 19.0 Å². The first-order valence-corrected chi connectivity index (χ1v) is 6.88. The zero-order valence-corrected chi connectivity index (χ0v) is 12.0. The Morgan fingerprint density at radius 3 is 2.85 bits per heavy atom. The number of esters is 1. The van der Waals surface area contributed by atoms with Crippen LogP contribution in [0.5, 0.6) is 0 Å². The van der Waals surface area contributed by atoms with E-state index in [4.69, 9.17) is 4.74 Å². The standard InChI is InChI=1S/C16H20N2O2/c1-3-20-16(19)10-11-18(2)12-14-9-8-13-6-4-5-7-15(13)17-14/h4-9H,3,10-12H2,1-2H3. The fraction of sp³-hybridized carbons (Fsp3) is 0.375. The van der Waals surface area contributed by atoms with Crippen molar-refractivity contribution in [1.29, 1.82) is 0 Å². The zero-order chi connectivity index (χ0) is 14.4. The fourth-order valence-corrected chi connectivity index (χ4v) is 2.07. The third kappa shape index (κ3) is 4.03. The van der Waals surface area contributed by atoms with Crippen molar-refractivity contribution in [3.05, 3.63) is 42.1 Å². The first-order valence-electron chi connectivity index (χ1n) is 6.88. The maximum Gasteiger partial charge on any atom is 0.307 e. The molecule has 0 amide bonds. The Morgan fingerprint density at radius 2 is 2.05 bits per heavy atom. The van der Waals surface area contributed by atoms with E-state index in [1.54, 1.807) is 0 Å². The molecule has 20 heavy (non-hydrogen) atoms. The number of hydrogen-bond acceptors (Lipinski definition) is 4. The van der Waals surface area contributed by atoms with Gasteiger partial charge in [0.1, 0.15) is 0 Å². The van der Waals surface area contributed by atoms with E-state index in [0.717, 1.165) is 23.1 Å². The summed E-state index contributed by atoms with van der Waals surface area (Å²) in [5.74, 6) is -0.147. The van der Waals surface area contributed by atoms with Crippen LogP contribution in [0.25, 0.3) is 10.9 Å². The molecule has 0 spiro atoms. The Bertz CT molecular complexity index is 583. The molecule has 0 aliphatic heterocycles. The molecule has 0 saturated carbocycles. The summed E-state index contributed by atoms with van der Waals surface area (Å²) in [6.45, 7) is 3.66. The van der Waals surface area contributed by atoms with E-state index in [0.29, 0.717) is 19.6 Å². The lowest BCUT2D eigenvalue weighted by molar-refractivity contribution is -0.143.